The molecule has 160 valence electrons. The summed E-state index contributed by atoms with van der Waals surface area (Å²) in [6, 6.07) is 13.7. The van der Waals surface area contributed by atoms with Crippen molar-refractivity contribution in [1.29, 1.82) is 0 Å². The maximum absolute atomic E-state index is 11.9. The van der Waals surface area contributed by atoms with Crippen LogP contribution in [0.3, 0.4) is 0 Å². The number of rotatable bonds is 11. The molecule has 0 fully saturated rings. The highest BCUT2D eigenvalue weighted by atomic mass is 16.6. The quantitative estimate of drug-likeness (QED) is 0.445. The van der Waals surface area contributed by atoms with Gasteiger partial charge in [-0.05, 0) is 54.8 Å². The van der Waals surface area contributed by atoms with E-state index in [1.54, 1.807) is 36.4 Å². The molecular formula is C23H27NO6. The molecule has 0 radical (unpaired) electrons. The Balaban J connectivity index is 1.70. The third kappa shape index (κ3) is 7.95. The molecule has 0 aliphatic rings. The largest absolute Gasteiger partial charge is 0.482 e. The topological polar surface area (TPSA) is 90.9 Å². The molecule has 0 unspecified atom stereocenters. The lowest BCUT2D eigenvalue weighted by Crippen LogP contribution is -2.23. The highest BCUT2D eigenvalue weighted by Gasteiger charge is 2.10. The predicted octanol–water partition coefficient (Wildman–Crippen LogP) is 3.77. The third-order valence-electron chi connectivity index (χ3n) is 4.19. The van der Waals surface area contributed by atoms with E-state index >= 15 is 0 Å². The fraction of sp³-hybridized carbons (Fsp3) is 0.348. The Bertz CT molecular complexity index is 830. The molecule has 0 aliphatic carbocycles. The Labute approximate surface area is 176 Å². The summed E-state index contributed by atoms with van der Waals surface area (Å²) in [5, 5.41) is 2.59. The van der Waals surface area contributed by atoms with Gasteiger partial charge in [-0.1, -0.05) is 32.4 Å². The van der Waals surface area contributed by atoms with Crippen LogP contribution in [-0.4, -0.2) is 37.7 Å². The van der Waals surface area contributed by atoms with E-state index in [1.807, 2.05) is 19.1 Å². The fourth-order valence-corrected chi connectivity index (χ4v) is 2.43. The summed E-state index contributed by atoms with van der Waals surface area (Å²) in [5.74, 6) is -0.981. The first kappa shape index (κ1) is 22.9. The van der Waals surface area contributed by atoms with Gasteiger partial charge in [0.2, 0.25) is 0 Å². The Hall–Kier alpha value is -3.35. The lowest BCUT2D eigenvalue weighted by Gasteiger charge is -2.09. The van der Waals surface area contributed by atoms with Gasteiger partial charge in [-0.15, -0.1) is 0 Å². The number of aryl methyl sites for hydroxylation is 1. The number of benzene rings is 2. The molecule has 30 heavy (non-hydrogen) atoms. The van der Waals surface area contributed by atoms with Gasteiger partial charge in [0.05, 0.1) is 12.2 Å². The molecule has 0 spiro atoms. The average molecular weight is 413 g/mol. The second kappa shape index (κ2) is 12.3. The van der Waals surface area contributed by atoms with Crippen molar-refractivity contribution in [2.75, 3.05) is 25.1 Å². The summed E-state index contributed by atoms with van der Waals surface area (Å²) < 4.78 is 15.4. The van der Waals surface area contributed by atoms with Crippen molar-refractivity contribution >= 4 is 23.5 Å². The smallest absolute Gasteiger partial charge is 0.344 e. The number of amides is 1. The zero-order chi connectivity index (χ0) is 21.8. The monoisotopic (exact) mass is 413 g/mol. The van der Waals surface area contributed by atoms with E-state index in [-0.39, 0.29) is 6.61 Å². The maximum atomic E-state index is 11.9. The van der Waals surface area contributed by atoms with E-state index in [0.29, 0.717) is 23.6 Å². The first-order valence-corrected chi connectivity index (χ1v) is 9.96. The van der Waals surface area contributed by atoms with Crippen LogP contribution in [0.5, 0.6) is 5.75 Å². The number of ether oxygens (including phenoxy) is 3. The van der Waals surface area contributed by atoms with Crippen LogP contribution in [0.4, 0.5) is 5.69 Å². The lowest BCUT2D eigenvalue weighted by molar-refractivity contribution is -0.149. The summed E-state index contributed by atoms with van der Waals surface area (Å²) in [6.45, 7) is 3.73. The number of unbranched alkanes of at least 4 members (excludes halogenated alkanes) is 1. The van der Waals surface area contributed by atoms with Gasteiger partial charge in [0, 0.05) is 5.69 Å². The molecule has 2 aromatic rings. The molecule has 0 aromatic heterocycles. The predicted molar refractivity (Wildman–Crippen MR) is 113 cm³/mol. The van der Waals surface area contributed by atoms with E-state index in [4.69, 9.17) is 14.2 Å². The molecule has 2 rings (SSSR count). The number of nitrogens with one attached hydrogen (secondary N) is 1. The van der Waals surface area contributed by atoms with Gasteiger partial charge in [-0.25, -0.2) is 9.59 Å². The zero-order valence-corrected chi connectivity index (χ0v) is 17.3. The van der Waals surface area contributed by atoms with Gasteiger partial charge in [0.1, 0.15) is 5.75 Å². The SMILES string of the molecule is CCCCOC(=O)c1ccc(NC(=O)COC(=O)COc2ccc(CC)cc2)cc1. The van der Waals surface area contributed by atoms with Gasteiger partial charge in [-0.2, -0.15) is 0 Å². The summed E-state index contributed by atoms with van der Waals surface area (Å²) in [4.78, 5) is 35.5. The van der Waals surface area contributed by atoms with E-state index < -0.39 is 24.5 Å². The average Bonchev–Trinajstić information content (AvgIpc) is 2.77. The summed E-state index contributed by atoms with van der Waals surface area (Å²) >= 11 is 0. The fourth-order valence-electron chi connectivity index (χ4n) is 2.43. The Kier molecular flexibility index (Phi) is 9.37. The van der Waals surface area contributed by atoms with Gasteiger partial charge >= 0.3 is 11.9 Å². The Morgan fingerprint density at radius 1 is 0.867 bits per heavy atom. The minimum Gasteiger partial charge on any atom is -0.482 e. The zero-order valence-electron chi connectivity index (χ0n) is 17.3. The molecule has 0 aliphatic heterocycles. The minimum absolute atomic E-state index is 0.284. The van der Waals surface area contributed by atoms with E-state index in [9.17, 15) is 14.4 Å². The van der Waals surface area contributed by atoms with Crippen LogP contribution < -0.4 is 10.1 Å². The van der Waals surface area contributed by atoms with Crippen LogP contribution in [0.1, 0.15) is 42.6 Å². The molecule has 2 aromatic carbocycles. The second-order valence-electron chi connectivity index (χ2n) is 6.56. The number of carbonyl (C=O) groups is 3. The maximum Gasteiger partial charge on any atom is 0.344 e. The van der Waals surface area contributed by atoms with Gasteiger partial charge in [0.15, 0.2) is 13.2 Å². The molecule has 0 saturated heterocycles. The van der Waals surface area contributed by atoms with Crippen molar-refractivity contribution in [2.24, 2.45) is 0 Å². The second-order valence-corrected chi connectivity index (χ2v) is 6.56. The lowest BCUT2D eigenvalue weighted by atomic mass is 10.2. The Morgan fingerprint density at radius 3 is 2.20 bits per heavy atom. The van der Waals surface area contributed by atoms with Crippen molar-refractivity contribution in [3.05, 3.63) is 59.7 Å². The van der Waals surface area contributed by atoms with E-state index in [2.05, 4.69) is 12.2 Å². The van der Waals surface area contributed by atoms with Crippen LogP contribution in [0.15, 0.2) is 48.5 Å². The highest BCUT2D eigenvalue weighted by Crippen LogP contribution is 2.13. The van der Waals surface area contributed by atoms with Crippen LogP contribution >= 0.6 is 0 Å². The van der Waals surface area contributed by atoms with Gasteiger partial charge in [-0.3, -0.25) is 4.79 Å². The van der Waals surface area contributed by atoms with Crippen molar-refractivity contribution in [2.45, 2.75) is 33.1 Å². The molecule has 7 heteroatoms. The van der Waals surface area contributed by atoms with E-state index in [0.717, 1.165) is 19.3 Å². The van der Waals surface area contributed by atoms with Crippen molar-refractivity contribution in [3.8, 4) is 5.75 Å². The summed E-state index contributed by atoms with van der Waals surface area (Å²) in [7, 11) is 0. The first-order chi connectivity index (χ1) is 14.5. The number of carbonyl (C=O) groups excluding carboxylic acids is 3. The third-order valence-corrected chi connectivity index (χ3v) is 4.19. The number of anilines is 1. The summed E-state index contributed by atoms with van der Waals surface area (Å²) in [5.41, 5.74) is 2.05. The van der Waals surface area contributed by atoms with E-state index in [1.165, 1.54) is 5.56 Å². The van der Waals surface area contributed by atoms with Gasteiger partial charge < -0.3 is 19.5 Å². The van der Waals surface area contributed by atoms with Crippen LogP contribution in [-0.2, 0) is 25.5 Å². The normalized spacial score (nSPS) is 10.2. The summed E-state index contributed by atoms with van der Waals surface area (Å²) in [6.07, 6.45) is 2.68. The number of esters is 2. The van der Waals surface area contributed by atoms with Crippen LogP contribution in [0.2, 0.25) is 0 Å². The molecule has 0 bridgehead atoms. The van der Waals surface area contributed by atoms with Crippen LogP contribution in [0, 0.1) is 0 Å². The van der Waals surface area contributed by atoms with Crippen LogP contribution in [0.25, 0.3) is 0 Å². The molecule has 1 amide bonds. The van der Waals surface area contributed by atoms with Crippen molar-refractivity contribution in [3.63, 3.8) is 0 Å². The standard InChI is InChI=1S/C23H27NO6/c1-3-5-14-28-23(27)18-8-10-19(11-9-18)24-21(25)15-30-22(26)16-29-20-12-6-17(4-2)7-13-20/h6-13H,3-5,14-16H2,1-2H3,(H,24,25). The van der Waals surface area contributed by atoms with Crippen molar-refractivity contribution < 1.29 is 28.6 Å². The first-order valence-electron chi connectivity index (χ1n) is 9.96. The molecule has 0 heterocycles. The van der Waals surface area contributed by atoms with Gasteiger partial charge in [0.25, 0.3) is 5.91 Å². The number of hydrogen-bond donors (Lipinski definition) is 1. The molecule has 0 atom stereocenters. The molecule has 0 saturated carbocycles. The number of hydrogen-bond acceptors (Lipinski definition) is 6. The Morgan fingerprint density at radius 2 is 1.57 bits per heavy atom. The minimum atomic E-state index is -0.644. The molecule has 7 nitrogen and oxygen atoms in total. The highest BCUT2D eigenvalue weighted by molar-refractivity contribution is 5.94. The molecular weight excluding hydrogens is 386 g/mol. The molecule has 1 N–H and O–H groups in total. The van der Waals surface area contributed by atoms with Crippen molar-refractivity contribution in [1.82, 2.24) is 0 Å².